The maximum atomic E-state index is 12.1. The largest absolute Gasteiger partial charge is 0.395 e. The Morgan fingerprint density at radius 3 is 2.26 bits per heavy atom. The zero-order valence-electron chi connectivity index (χ0n) is 11.8. The number of nitrogens with zero attached hydrogens (tertiary/aromatic N) is 1. The topological polar surface area (TPSA) is 57.6 Å². The van der Waals surface area contributed by atoms with E-state index in [0.717, 1.165) is 22.7 Å². The molecule has 0 aliphatic carbocycles. The second-order valence-electron chi connectivity index (χ2n) is 5.13. The van der Waals surface area contributed by atoms with E-state index in [1.54, 1.807) is 12.1 Å². The predicted molar refractivity (Wildman–Crippen MR) is 76.5 cm³/mol. The van der Waals surface area contributed by atoms with Crippen LogP contribution in [-0.4, -0.2) is 38.0 Å². The van der Waals surface area contributed by atoms with Crippen LogP contribution in [0.2, 0.25) is 0 Å². The van der Waals surface area contributed by atoms with E-state index in [2.05, 4.69) is 13.8 Å². The molecule has 0 fully saturated rings. The zero-order chi connectivity index (χ0) is 14.5. The number of aliphatic hydroxyl groups excluding tert-OH is 1. The average molecular weight is 285 g/mol. The molecule has 0 spiro atoms. The molecule has 108 valence electrons. The molecule has 1 N–H and O–H groups in total. The molecule has 0 aromatic heterocycles. The smallest absolute Gasteiger partial charge is 0.242 e. The molecule has 0 heterocycles. The Morgan fingerprint density at radius 1 is 1.21 bits per heavy atom. The maximum absolute atomic E-state index is 12.1. The molecule has 0 amide bonds. The molecule has 1 rings (SSSR count). The fourth-order valence-corrected chi connectivity index (χ4v) is 2.89. The summed E-state index contributed by atoms with van der Waals surface area (Å²) in [6.07, 6.45) is 2.06. The summed E-state index contributed by atoms with van der Waals surface area (Å²) >= 11 is 0. The first kappa shape index (κ1) is 16.1. The third-order valence-corrected chi connectivity index (χ3v) is 4.93. The number of rotatable bonds is 7. The van der Waals surface area contributed by atoms with Crippen LogP contribution < -0.4 is 0 Å². The predicted octanol–water partition coefficient (Wildman–Crippen LogP) is 1.89. The van der Waals surface area contributed by atoms with Gasteiger partial charge in [-0.3, -0.25) is 0 Å². The van der Waals surface area contributed by atoms with Gasteiger partial charge in [0.2, 0.25) is 10.0 Å². The molecule has 0 bridgehead atoms. The summed E-state index contributed by atoms with van der Waals surface area (Å²) in [6, 6.07) is 7.00. The van der Waals surface area contributed by atoms with E-state index in [1.165, 1.54) is 7.05 Å². The van der Waals surface area contributed by atoms with Crippen molar-refractivity contribution in [3.63, 3.8) is 0 Å². The van der Waals surface area contributed by atoms with E-state index in [9.17, 15) is 8.42 Å². The van der Waals surface area contributed by atoms with Crippen LogP contribution in [0.15, 0.2) is 29.2 Å². The quantitative estimate of drug-likeness (QED) is 0.832. The van der Waals surface area contributed by atoms with Crippen LogP contribution in [0.1, 0.15) is 25.8 Å². The lowest BCUT2D eigenvalue weighted by atomic mass is 10.0. The molecule has 0 saturated heterocycles. The van der Waals surface area contributed by atoms with Crippen molar-refractivity contribution in [1.82, 2.24) is 4.31 Å². The van der Waals surface area contributed by atoms with Gasteiger partial charge in [0.05, 0.1) is 11.5 Å². The number of aryl methyl sites for hydroxylation is 1. The summed E-state index contributed by atoms with van der Waals surface area (Å²) in [5.41, 5.74) is 1.15. The standard InChI is InChI=1S/C14H23NO3S/c1-12(2)4-5-13-6-8-14(9-7-13)19(17,18)15(3)10-11-16/h6-9,12,16H,4-5,10-11H2,1-3H3. The van der Waals surface area contributed by atoms with E-state index in [4.69, 9.17) is 5.11 Å². The second-order valence-corrected chi connectivity index (χ2v) is 7.17. The Hall–Kier alpha value is -0.910. The van der Waals surface area contributed by atoms with Crippen molar-refractivity contribution in [1.29, 1.82) is 0 Å². The van der Waals surface area contributed by atoms with Gasteiger partial charge in [-0.1, -0.05) is 26.0 Å². The van der Waals surface area contributed by atoms with Crippen LogP contribution >= 0.6 is 0 Å². The Bertz CT molecular complexity index is 480. The highest BCUT2D eigenvalue weighted by Crippen LogP contribution is 2.16. The van der Waals surface area contributed by atoms with Crippen LogP contribution in [0, 0.1) is 5.92 Å². The van der Waals surface area contributed by atoms with Crippen LogP contribution in [0.25, 0.3) is 0 Å². The van der Waals surface area contributed by atoms with E-state index < -0.39 is 10.0 Å². The first-order valence-electron chi connectivity index (χ1n) is 6.54. The summed E-state index contributed by atoms with van der Waals surface area (Å²) in [6.45, 7) is 4.27. The SMILES string of the molecule is CC(C)CCc1ccc(S(=O)(=O)N(C)CCO)cc1. The number of likely N-dealkylation sites (N-methyl/N-ethyl adjacent to an activating group) is 1. The van der Waals surface area contributed by atoms with Gasteiger partial charge < -0.3 is 5.11 Å². The number of aliphatic hydroxyl groups is 1. The lowest BCUT2D eigenvalue weighted by Crippen LogP contribution is -2.29. The molecule has 1 aromatic rings. The minimum atomic E-state index is -3.48. The normalized spacial score (nSPS) is 12.3. The summed E-state index contributed by atoms with van der Waals surface area (Å²) in [5, 5.41) is 8.81. The third kappa shape index (κ3) is 4.60. The first-order chi connectivity index (χ1) is 8.87. The Balaban J connectivity index is 2.80. The highest BCUT2D eigenvalue weighted by molar-refractivity contribution is 7.89. The van der Waals surface area contributed by atoms with Crippen molar-refractivity contribution >= 4 is 10.0 Å². The number of sulfonamides is 1. The highest BCUT2D eigenvalue weighted by Gasteiger charge is 2.19. The molecule has 19 heavy (non-hydrogen) atoms. The second kappa shape index (κ2) is 7.03. The van der Waals surface area contributed by atoms with Gasteiger partial charge in [0, 0.05) is 13.6 Å². The Labute approximate surface area is 116 Å². The third-order valence-electron chi connectivity index (χ3n) is 3.06. The fraction of sp³-hybridized carbons (Fsp3) is 0.571. The highest BCUT2D eigenvalue weighted by atomic mass is 32.2. The van der Waals surface area contributed by atoms with E-state index >= 15 is 0 Å². The van der Waals surface area contributed by atoms with Gasteiger partial charge in [0.25, 0.3) is 0 Å². The van der Waals surface area contributed by atoms with Crippen LogP contribution in [-0.2, 0) is 16.4 Å². The Morgan fingerprint density at radius 2 is 1.79 bits per heavy atom. The summed E-state index contributed by atoms with van der Waals surface area (Å²) in [5.74, 6) is 0.638. The lowest BCUT2D eigenvalue weighted by Gasteiger charge is -2.16. The van der Waals surface area contributed by atoms with Crippen molar-refractivity contribution < 1.29 is 13.5 Å². The first-order valence-corrected chi connectivity index (χ1v) is 7.98. The van der Waals surface area contributed by atoms with Gasteiger partial charge in [0.1, 0.15) is 0 Å². The summed E-state index contributed by atoms with van der Waals surface area (Å²) in [7, 11) is -2.01. The lowest BCUT2D eigenvalue weighted by molar-refractivity contribution is 0.266. The van der Waals surface area contributed by atoms with E-state index in [-0.39, 0.29) is 18.0 Å². The number of hydrogen-bond acceptors (Lipinski definition) is 3. The molecule has 5 heteroatoms. The van der Waals surface area contributed by atoms with Crippen molar-refractivity contribution in [2.45, 2.75) is 31.6 Å². The van der Waals surface area contributed by atoms with Gasteiger partial charge in [-0.25, -0.2) is 8.42 Å². The van der Waals surface area contributed by atoms with Crippen molar-refractivity contribution in [3.05, 3.63) is 29.8 Å². The molecule has 4 nitrogen and oxygen atoms in total. The molecular formula is C14H23NO3S. The van der Waals surface area contributed by atoms with Crippen molar-refractivity contribution in [2.75, 3.05) is 20.2 Å². The molecule has 1 aromatic carbocycles. The van der Waals surface area contributed by atoms with Crippen LogP contribution in [0.5, 0.6) is 0 Å². The molecule has 0 atom stereocenters. The van der Waals surface area contributed by atoms with Gasteiger partial charge in [0.15, 0.2) is 0 Å². The minimum Gasteiger partial charge on any atom is -0.395 e. The molecule has 0 radical (unpaired) electrons. The zero-order valence-corrected chi connectivity index (χ0v) is 12.7. The molecular weight excluding hydrogens is 262 g/mol. The van der Waals surface area contributed by atoms with Gasteiger partial charge in [-0.05, 0) is 36.5 Å². The average Bonchev–Trinajstić information content (AvgIpc) is 2.37. The van der Waals surface area contributed by atoms with Gasteiger partial charge in [-0.15, -0.1) is 0 Å². The van der Waals surface area contributed by atoms with Crippen molar-refractivity contribution in [2.24, 2.45) is 5.92 Å². The summed E-state index contributed by atoms with van der Waals surface area (Å²) < 4.78 is 25.4. The molecule has 0 aliphatic rings. The van der Waals surface area contributed by atoms with Gasteiger partial charge >= 0.3 is 0 Å². The molecule has 0 saturated carbocycles. The Kier molecular flexibility index (Phi) is 5.97. The fourth-order valence-electron chi connectivity index (χ4n) is 1.72. The van der Waals surface area contributed by atoms with E-state index in [0.29, 0.717) is 5.92 Å². The molecule has 0 unspecified atom stereocenters. The van der Waals surface area contributed by atoms with Crippen LogP contribution in [0.3, 0.4) is 0 Å². The van der Waals surface area contributed by atoms with Gasteiger partial charge in [-0.2, -0.15) is 4.31 Å². The maximum Gasteiger partial charge on any atom is 0.242 e. The number of benzene rings is 1. The number of hydrogen-bond donors (Lipinski definition) is 1. The van der Waals surface area contributed by atoms with E-state index in [1.807, 2.05) is 12.1 Å². The summed E-state index contributed by atoms with van der Waals surface area (Å²) in [4.78, 5) is 0.275. The molecule has 0 aliphatic heterocycles. The minimum absolute atomic E-state index is 0.109. The van der Waals surface area contributed by atoms with Crippen LogP contribution in [0.4, 0.5) is 0 Å². The van der Waals surface area contributed by atoms with Crippen molar-refractivity contribution in [3.8, 4) is 0 Å². The monoisotopic (exact) mass is 285 g/mol.